The summed E-state index contributed by atoms with van der Waals surface area (Å²) in [7, 11) is 2.18. The Balaban J connectivity index is 1.94. The van der Waals surface area contributed by atoms with Gasteiger partial charge < -0.3 is 15.1 Å². The zero-order valence-electron chi connectivity index (χ0n) is 11.5. The van der Waals surface area contributed by atoms with Crippen LogP contribution in [0.3, 0.4) is 0 Å². The average Bonchev–Trinajstić information content (AvgIpc) is 2.40. The normalized spacial score (nSPS) is 17.1. The highest BCUT2D eigenvalue weighted by atomic mass is 15.3. The summed E-state index contributed by atoms with van der Waals surface area (Å²) in [6.45, 7) is 8.52. The molecule has 1 aliphatic heterocycles. The quantitative estimate of drug-likeness (QED) is 0.797. The molecule has 1 aromatic rings. The van der Waals surface area contributed by atoms with Crippen molar-refractivity contribution in [2.45, 2.75) is 19.9 Å². The molecule has 1 N–H and O–H groups in total. The molecule has 18 heavy (non-hydrogen) atoms. The summed E-state index contributed by atoms with van der Waals surface area (Å²) < 4.78 is 0. The SMILES string of the molecule is CCCNCc1cccc(N2CCN(C)CC2)n1. The van der Waals surface area contributed by atoms with Crippen LogP contribution >= 0.6 is 0 Å². The molecule has 1 saturated heterocycles. The summed E-state index contributed by atoms with van der Waals surface area (Å²) >= 11 is 0. The van der Waals surface area contributed by atoms with E-state index in [1.54, 1.807) is 0 Å². The Labute approximate surface area is 110 Å². The molecular weight excluding hydrogens is 224 g/mol. The molecule has 2 heterocycles. The summed E-state index contributed by atoms with van der Waals surface area (Å²) in [5.74, 6) is 1.12. The topological polar surface area (TPSA) is 31.4 Å². The average molecular weight is 248 g/mol. The minimum atomic E-state index is 0.870. The maximum absolute atomic E-state index is 4.74. The maximum atomic E-state index is 4.74. The van der Waals surface area contributed by atoms with Gasteiger partial charge >= 0.3 is 0 Å². The fraction of sp³-hybridized carbons (Fsp3) is 0.643. The number of hydrogen-bond acceptors (Lipinski definition) is 4. The van der Waals surface area contributed by atoms with Gasteiger partial charge in [0.25, 0.3) is 0 Å². The lowest BCUT2D eigenvalue weighted by Gasteiger charge is -2.33. The third-order valence-electron chi connectivity index (χ3n) is 3.35. The molecule has 4 heteroatoms. The van der Waals surface area contributed by atoms with Crippen molar-refractivity contribution >= 4 is 5.82 Å². The number of rotatable bonds is 5. The van der Waals surface area contributed by atoms with Crippen molar-refractivity contribution in [1.29, 1.82) is 0 Å². The Kier molecular flexibility index (Phi) is 4.96. The van der Waals surface area contributed by atoms with Gasteiger partial charge in [-0.05, 0) is 32.1 Å². The zero-order chi connectivity index (χ0) is 12.8. The van der Waals surface area contributed by atoms with E-state index in [2.05, 4.69) is 47.3 Å². The fourth-order valence-electron chi connectivity index (χ4n) is 2.17. The van der Waals surface area contributed by atoms with Gasteiger partial charge in [-0.15, -0.1) is 0 Å². The van der Waals surface area contributed by atoms with Crippen molar-refractivity contribution in [2.24, 2.45) is 0 Å². The molecule has 0 saturated carbocycles. The van der Waals surface area contributed by atoms with Gasteiger partial charge in [-0.2, -0.15) is 0 Å². The summed E-state index contributed by atoms with van der Waals surface area (Å²) in [6, 6.07) is 6.33. The van der Waals surface area contributed by atoms with Crippen molar-refractivity contribution in [3.63, 3.8) is 0 Å². The van der Waals surface area contributed by atoms with Crippen LogP contribution in [0.4, 0.5) is 5.82 Å². The van der Waals surface area contributed by atoms with E-state index in [-0.39, 0.29) is 0 Å². The molecule has 0 bridgehead atoms. The van der Waals surface area contributed by atoms with Crippen LogP contribution in [0, 0.1) is 0 Å². The first kappa shape index (κ1) is 13.3. The van der Waals surface area contributed by atoms with Gasteiger partial charge in [0.15, 0.2) is 0 Å². The lowest BCUT2D eigenvalue weighted by molar-refractivity contribution is 0.312. The lowest BCUT2D eigenvalue weighted by Crippen LogP contribution is -2.44. The molecule has 1 aliphatic rings. The van der Waals surface area contributed by atoms with E-state index in [1.165, 1.54) is 0 Å². The Morgan fingerprint density at radius 3 is 2.72 bits per heavy atom. The molecule has 1 fully saturated rings. The highest BCUT2D eigenvalue weighted by molar-refractivity contribution is 5.39. The van der Waals surface area contributed by atoms with Crippen molar-refractivity contribution in [3.8, 4) is 0 Å². The third-order valence-corrected chi connectivity index (χ3v) is 3.35. The molecule has 100 valence electrons. The van der Waals surface area contributed by atoms with E-state index in [1.807, 2.05) is 0 Å². The first-order valence-corrected chi connectivity index (χ1v) is 6.89. The van der Waals surface area contributed by atoms with Crippen LogP contribution in [0.1, 0.15) is 19.0 Å². The van der Waals surface area contributed by atoms with Gasteiger partial charge in [0.05, 0.1) is 5.69 Å². The second-order valence-corrected chi connectivity index (χ2v) is 4.95. The van der Waals surface area contributed by atoms with E-state index in [0.29, 0.717) is 0 Å². The number of pyridine rings is 1. The molecular formula is C14H24N4. The monoisotopic (exact) mass is 248 g/mol. The second-order valence-electron chi connectivity index (χ2n) is 4.95. The van der Waals surface area contributed by atoms with Crippen LogP contribution in [-0.4, -0.2) is 49.7 Å². The van der Waals surface area contributed by atoms with Gasteiger partial charge in [0, 0.05) is 32.7 Å². The molecule has 1 aromatic heterocycles. The molecule has 2 rings (SSSR count). The Hall–Kier alpha value is -1.13. The van der Waals surface area contributed by atoms with Crippen molar-refractivity contribution < 1.29 is 0 Å². The zero-order valence-corrected chi connectivity index (χ0v) is 11.5. The molecule has 0 aromatic carbocycles. The lowest BCUT2D eigenvalue weighted by atomic mass is 10.3. The van der Waals surface area contributed by atoms with E-state index < -0.39 is 0 Å². The Bertz CT molecular complexity index is 359. The van der Waals surface area contributed by atoms with E-state index in [0.717, 1.165) is 57.2 Å². The van der Waals surface area contributed by atoms with Crippen molar-refractivity contribution in [2.75, 3.05) is 44.7 Å². The van der Waals surface area contributed by atoms with Gasteiger partial charge in [-0.3, -0.25) is 0 Å². The molecule has 0 amide bonds. The summed E-state index contributed by atoms with van der Waals surface area (Å²) in [4.78, 5) is 9.48. The largest absolute Gasteiger partial charge is 0.354 e. The highest BCUT2D eigenvalue weighted by Gasteiger charge is 2.15. The number of anilines is 1. The molecule has 4 nitrogen and oxygen atoms in total. The summed E-state index contributed by atoms with van der Waals surface area (Å²) in [5.41, 5.74) is 1.14. The van der Waals surface area contributed by atoms with Crippen LogP contribution in [-0.2, 0) is 6.54 Å². The van der Waals surface area contributed by atoms with Crippen LogP contribution in [0.15, 0.2) is 18.2 Å². The smallest absolute Gasteiger partial charge is 0.128 e. The van der Waals surface area contributed by atoms with E-state index in [4.69, 9.17) is 4.98 Å². The summed E-state index contributed by atoms with van der Waals surface area (Å²) in [6.07, 6.45) is 1.16. The second kappa shape index (κ2) is 6.71. The number of nitrogens with zero attached hydrogens (tertiary/aromatic N) is 3. The fourth-order valence-corrected chi connectivity index (χ4v) is 2.17. The number of hydrogen-bond donors (Lipinski definition) is 1. The van der Waals surface area contributed by atoms with Crippen LogP contribution in [0.2, 0.25) is 0 Å². The van der Waals surface area contributed by atoms with Crippen LogP contribution in [0.5, 0.6) is 0 Å². The predicted octanol–water partition coefficient (Wildman–Crippen LogP) is 1.33. The number of piperazine rings is 1. The highest BCUT2D eigenvalue weighted by Crippen LogP contribution is 2.13. The standard InChI is InChI=1S/C14H24N4/c1-3-7-15-12-13-5-4-6-14(16-13)18-10-8-17(2)9-11-18/h4-6,15H,3,7-12H2,1-2H3. The number of nitrogens with one attached hydrogen (secondary N) is 1. The summed E-state index contributed by atoms with van der Waals surface area (Å²) in [5, 5.41) is 3.40. The predicted molar refractivity (Wildman–Crippen MR) is 75.9 cm³/mol. The van der Waals surface area contributed by atoms with E-state index in [9.17, 15) is 0 Å². The molecule has 0 unspecified atom stereocenters. The first-order chi connectivity index (χ1) is 8.79. The Morgan fingerprint density at radius 2 is 2.00 bits per heavy atom. The minimum absolute atomic E-state index is 0.870. The van der Waals surface area contributed by atoms with Crippen LogP contribution < -0.4 is 10.2 Å². The molecule has 0 aliphatic carbocycles. The third kappa shape index (κ3) is 3.68. The van der Waals surface area contributed by atoms with Crippen molar-refractivity contribution in [3.05, 3.63) is 23.9 Å². The molecule has 0 radical (unpaired) electrons. The number of aromatic nitrogens is 1. The first-order valence-electron chi connectivity index (χ1n) is 6.89. The Morgan fingerprint density at radius 1 is 1.22 bits per heavy atom. The maximum Gasteiger partial charge on any atom is 0.128 e. The van der Waals surface area contributed by atoms with Crippen LogP contribution in [0.25, 0.3) is 0 Å². The van der Waals surface area contributed by atoms with Crippen molar-refractivity contribution in [1.82, 2.24) is 15.2 Å². The number of likely N-dealkylation sites (N-methyl/N-ethyl adjacent to an activating group) is 1. The van der Waals surface area contributed by atoms with Gasteiger partial charge in [-0.1, -0.05) is 13.0 Å². The van der Waals surface area contributed by atoms with Gasteiger partial charge in [0.1, 0.15) is 5.82 Å². The van der Waals surface area contributed by atoms with Gasteiger partial charge in [0.2, 0.25) is 0 Å². The van der Waals surface area contributed by atoms with Gasteiger partial charge in [-0.25, -0.2) is 4.98 Å². The minimum Gasteiger partial charge on any atom is -0.354 e. The molecule has 0 spiro atoms. The molecule has 0 atom stereocenters. The van der Waals surface area contributed by atoms with E-state index >= 15 is 0 Å².